The van der Waals surface area contributed by atoms with E-state index in [1.54, 1.807) is 7.11 Å². The first kappa shape index (κ1) is 48.5. The molecule has 2 aliphatic rings. The zero-order valence-electron chi connectivity index (χ0n) is 30.3. The molecular formula is C41H42CrN2O9. The summed E-state index contributed by atoms with van der Waals surface area (Å²) in [5, 5.41) is 6.84. The molecule has 0 N–H and O–H groups in total. The number of carbonyl (C=O) groups excluding carboxylic acids is 1. The molecule has 12 heteroatoms. The Hall–Kier alpha value is -4.54. The third-order valence-corrected chi connectivity index (χ3v) is 9.60. The van der Waals surface area contributed by atoms with E-state index in [1.165, 1.54) is 12.0 Å². The summed E-state index contributed by atoms with van der Waals surface area (Å²) >= 11 is 3.31. The van der Waals surface area contributed by atoms with Crippen LogP contribution in [0.15, 0.2) is 90.0 Å². The average Bonchev–Trinajstić information content (AvgIpc) is 3.64. The van der Waals surface area contributed by atoms with Crippen LogP contribution < -0.4 is 9.75 Å². The Bertz CT molecular complexity index is 1630. The Balaban J connectivity index is 0.00000249. The minimum absolute atomic E-state index is 0.00371. The number of hydrazone groups is 1. The summed E-state index contributed by atoms with van der Waals surface area (Å²) < 4.78 is 56.3. The van der Waals surface area contributed by atoms with Crippen molar-refractivity contribution in [1.29, 1.82) is 0 Å². The molecule has 53 heavy (non-hydrogen) atoms. The van der Waals surface area contributed by atoms with E-state index in [-0.39, 0.29) is 18.1 Å². The Morgan fingerprint density at radius 3 is 1.89 bits per heavy atom. The monoisotopic (exact) mass is 758 g/mol. The van der Waals surface area contributed by atoms with E-state index < -0.39 is 17.9 Å². The second kappa shape index (κ2) is 26.3. The number of esters is 1. The van der Waals surface area contributed by atoms with E-state index in [2.05, 4.69) is 100 Å². The fraction of sp³-hybridized carbons (Fsp3) is 0.366. The van der Waals surface area contributed by atoms with Gasteiger partial charge in [-0.15, -0.1) is 0 Å². The van der Waals surface area contributed by atoms with Crippen LogP contribution in [0.3, 0.4) is 0 Å². The molecule has 1 saturated carbocycles. The Labute approximate surface area is 320 Å². The van der Waals surface area contributed by atoms with Gasteiger partial charge in [-0.2, -0.15) is 0 Å². The number of ether oxygens (including phenoxy) is 3. The van der Waals surface area contributed by atoms with Crippen molar-refractivity contribution in [2.45, 2.75) is 70.4 Å². The fourth-order valence-electron chi connectivity index (χ4n) is 6.68. The summed E-state index contributed by atoms with van der Waals surface area (Å²) in [6.07, 6.45) is 3.22. The van der Waals surface area contributed by atoms with Crippen LogP contribution in [0.25, 0.3) is 0 Å². The van der Waals surface area contributed by atoms with Crippen molar-refractivity contribution in [2.75, 3.05) is 18.7 Å². The number of methoxy groups -OCH3 is 1. The average molecular weight is 759 g/mol. The molecule has 0 radical (unpaired) electrons. The molecule has 3 aromatic rings. The van der Waals surface area contributed by atoms with Gasteiger partial charge in [-0.3, -0.25) is 0 Å². The SMILES string of the molecule is CCOC(=O)C1=NN(c2ccccc2)[C@H]([C](=[Cr])O[C@@H]2C[C@H](C)CC[C@H]2C(C)(C)c2ccccc2)[C@H]1c1ccc(OC)cc1.[C-]#[O+].[C-]#[O+].[C-]#[O+].[C-]#[O+].[C-]#[O+]. The zero-order valence-corrected chi connectivity index (χ0v) is 31.5. The first-order valence-corrected chi connectivity index (χ1v) is 16.9. The molecule has 5 atom stereocenters. The van der Waals surface area contributed by atoms with Gasteiger partial charge in [0.15, 0.2) is 0 Å². The molecule has 5 rings (SSSR count). The van der Waals surface area contributed by atoms with Crippen LogP contribution in [-0.2, 0) is 58.8 Å². The van der Waals surface area contributed by atoms with Gasteiger partial charge in [-0.05, 0) is 0 Å². The third-order valence-electron chi connectivity index (χ3n) is 9.08. The molecule has 1 aliphatic heterocycles. The normalized spacial score (nSPS) is 19.6. The van der Waals surface area contributed by atoms with Gasteiger partial charge in [0.25, 0.3) is 0 Å². The number of nitrogens with zero attached hydrogens (tertiary/aromatic N) is 2. The van der Waals surface area contributed by atoms with E-state index in [9.17, 15) is 4.79 Å². The third kappa shape index (κ3) is 12.8. The molecule has 276 valence electrons. The number of hydrogen-bond acceptors (Lipinski definition) is 6. The van der Waals surface area contributed by atoms with Crippen LogP contribution in [0.2, 0.25) is 0 Å². The second-order valence-corrected chi connectivity index (χ2v) is 12.8. The topological polar surface area (TPSA) is 160 Å². The number of carbonyl (C=O) groups is 1. The van der Waals surface area contributed by atoms with Crippen LogP contribution in [-0.4, -0.2) is 42.1 Å². The van der Waals surface area contributed by atoms with E-state index in [0.717, 1.165) is 34.4 Å². The van der Waals surface area contributed by atoms with Crippen LogP contribution >= 0.6 is 0 Å². The molecule has 0 aromatic heterocycles. The molecule has 0 unspecified atom stereocenters. The van der Waals surface area contributed by atoms with Crippen LogP contribution in [0, 0.1) is 45.1 Å². The van der Waals surface area contributed by atoms with Gasteiger partial charge in [-0.1, -0.05) is 0 Å². The van der Waals surface area contributed by atoms with Gasteiger partial charge in [-0.25, -0.2) is 0 Å². The Kier molecular flexibility index (Phi) is 24.0. The maximum atomic E-state index is 13.4. The quantitative estimate of drug-likeness (QED) is 0.125. The van der Waals surface area contributed by atoms with Crippen molar-refractivity contribution >= 4 is 21.9 Å². The molecule has 0 spiro atoms. The maximum absolute atomic E-state index is 13.4. The summed E-state index contributed by atoms with van der Waals surface area (Å²) in [6, 6.07) is 28.1. The molecule has 1 aliphatic carbocycles. The van der Waals surface area contributed by atoms with E-state index in [0.29, 0.717) is 17.5 Å². The molecule has 11 nitrogen and oxygen atoms in total. The first-order valence-electron chi connectivity index (χ1n) is 16.3. The van der Waals surface area contributed by atoms with Gasteiger partial charge in [0.1, 0.15) is 0 Å². The minimum atomic E-state index is -0.422. The number of para-hydroxylation sites is 1. The number of hydrogen-bond donors (Lipinski definition) is 0. The van der Waals surface area contributed by atoms with Crippen molar-refractivity contribution in [3.63, 3.8) is 0 Å². The fourth-order valence-corrected chi connectivity index (χ4v) is 7.24. The summed E-state index contributed by atoms with van der Waals surface area (Å²) in [5.41, 5.74) is 3.41. The van der Waals surface area contributed by atoms with Crippen molar-refractivity contribution in [2.24, 2.45) is 16.9 Å². The Morgan fingerprint density at radius 2 is 1.38 bits per heavy atom. The number of anilines is 1. The molecule has 1 heterocycles. The van der Waals surface area contributed by atoms with Gasteiger partial charge in [0, 0.05) is 0 Å². The summed E-state index contributed by atoms with van der Waals surface area (Å²) in [4.78, 5) is 13.4. The van der Waals surface area contributed by atoms with Gasteiger partial charge in [0.2, 0.25) is 0 Å². The first-order chi connectivity index (χ1) is 25.7. The zero-order chi connectivity index (χ0) is 40.6. The summed E-state index contributed by atoms with van der Waals surface area (Å²) in [5.74, 6) is 0.777. The van der Waals surface area contributed by atoms with E-state index >= 15 is 0 Å². The van der Waals surface area contributed by atoms with Crippen LogP contribution in [0.1, 0.15) is 64.0 Å². The number of benzene rings is 3. The van der Waals surface area contributed by atoms with Gasteiger partial charge >= 0.3 is 321 Å². The van der Waals surface area contributed by atoms with Crippen LogP contribution in [0.5, 0.6) is 5.75 Å². The van der Waals surface area contributed by atoms with E-state index in [4.69, 9.17) is 42.6 Å². The Morgan fingerprint density at radius 1 is 0.849 bits per heavy atom. The standard InChI is InChI=1S/C36H42N2O4.5CO.Cr/c1-6-41-35(39)34-33(26-18-20-29(40-5)21-19-26)31(38(37-34)28-15-11-8-12-16-28)24-42-32-23-25(2)17-22-30(32)36(3,4)27-13-9-7-10-14-27;5*1-2;/h7-16,18-21,25,30-33H,6,17,22-23H2,1-5H3;;;;;;/t25-,30-,31-,32-,33-;;;;;;/m1....../s1. The molecule has 0 amide bonds. The molecule has 0 bridgehead atoms. The predicted octanol–water partition coefficient (Wildman–Crippen LogP) is 6.88. The van der Waals surface area contributed by atoms with E-state index in [1.807, 2.05) is 66.5 Å². The second-order valence-electron chi connectivity index (χ2n) is 12.2. The molecule has 1 fully saturated rings. The molecule has 3 aromatic carbocycles. The van der Waals surface area contributed by atoms with Crippen molar-refractivity contribution in [1.82, 2.24) is 0 Å². The summed E-state index contributed by atoms with van der Waals surface area (Å²) in [6.45, 7) is 31.6. The predicted molar refractivity (Wildman–Crippen MR) is 188 cm³/mol. The number of rotatable bonds is 10. The van der Waals surface area contributed by atoms with Gasteiger partial charge < -0.3 is 0 Å². The van der Waals surface area contributed by atoms with Gasteiger partial charge in [0.05, 0.1) is 0 Å². The van der Waals surface area contributed by atoms with Crippen molar-refractivity contribution in [3.05, 3.63) is 129 Å². The van der Waals surface area contributed by atoms with Crippen LogP contribution in [0.4, 0.5) is 5.69 Å². The van der Waals surface area contributed by atoms with Crippen molar-refractivity contribution < 1.29 is 58.1 Å². The van der Waals surface area contributed by atoms with Crippen molar-refractivity contribution in [3.8, 4) is 5.75 Å². The molecular weight excluding hydrogens is 716 g/mol. The summed E-state index contributed by atoms with van der Waals surface area (Å²) in [7, 11) is 1.65. The molecule has 0 saturated heterocycles.